The van der Waals surface area contributed by atoms with Crippen molar-refractivity contribution in [1.29, 1.82) is 0 Å². The van der Waals surface area contributed by atoms with Crippen LogP contribution in [0.3, 0.4) is 0 Å². The maximum Gasteiger partial charge on any atom is 0.230 e. The lowest BCUT2D eigenvalue weighted by atomic mass is 10.1. The van der Waals surface area contributed by atoms with E-state index in [4.69, 9.17) is 0 Å². The molecule has 7 nitrogen and oxygen atoms in total. The molecule has 0 aromatic carbocycles. The zero-order valence-corrected chi connectivity index (χ0v) is 10.3. The van der Waals surface area contributed by atoms with E-state index >= 15 is 0 Å². The van der Waals surface area contributed by atoms with E-state index in [-0.39, 0.29) is 16.5 Å². The summed E-state index contributed by atoms with van der Waals surface area (Å²) in [6.45, 7) is 1.14. The lowest BCUT2D eigenvalue weighted by Gasteiger charge is -2.02. The van der Waals surface area contributed by atoms with Gasteiger partial charge in [0.1, 0.15) is 12.7 Å². The van der Waals surface area contributed by atoms with Crippen molar-refractivity contribution in [2.75, 3.05) is 0 Å². The molecule has 3 rings (SSSR count). The van der Waals surface area contributed by atoms with Crippen molar-refractivity contribution in [3.05, 3.63) is 36.4 Å². The molecule has 0 saturated carbocycles. The number of halogens is 1. The van der Waals surface area contributed by atoms with Gasteiger partial charge in [-0.15, -0.1) is 0 Å². The summed E-state index contributed by atoms with van der Waals surface area (Å²) in [5.74, 6) is -1.81. The summed E-state index contributed by atoms with van der Waals surface area (Å²) >= 11 is 0. The largest absolute Gasteiger partial charge is 0.357 e. The van der Waals surface area contributed by atoms with Crippen LogP contribution in [0.5, 0.6) is 0 Å². The fourth-order valence-electron chi connectivity index (χ4n) is 1.95. The molecule has 0 saturated heterocycles. The Bertz CT molecular complexity index is 822. The van der Waals surface area contributed by atoms with Crippen LogP contribution in [0.25, 0.3) is 16.7 Å². The first kappa shape index (κ1) is 12.2. The van der Waals surface area contributed by atoms with Crippen molar-refractivity contribution < 1.29 is 14.0 Å². The maximum atomic E-state index is 13.9. The molecule has 3 aromatic rings. The van der Waals surface area contributed by atoms with Crippen LogP contribution in [-0.4, -0.2) is 36.3 Å². The molecule has 1 N–H and O–H groups in total. The molecule has 100 valence electrons. The van der Waals surface area contributed by atoms with Gasteiger partial charge in [-0.3, -0.25) is 9.59 Å². The van der Waals surface area contributed by atoms with Gasteiger partial charge in [0.25, 0.3) is 0 Å². The molecule has 0 aliphatic heterocycles. The smallest absolute Gasteiger partial charge is 0.230 e. The van der Waals surface area contributed by atoms with Crippen LogP contribution in [0.1, 0.15) is 17.3 Å². The summed E-state index contributed by atoms with van der Waals surface area (Å²) < 4.78 is 15.3. The van der Waals surface area contributed by atoms with Crippen molar-refractivity contribution in [2.45, 2.75) is 6.92 Å². The Hall–Kier alpha value is -2.90. The number of aromatic amines is 1. The number of Topliss-reactive ketones (excluding diaryl/α,β-unsaturated/α-hetero) is 2. The van der Waals surface area contributed by atoms with Gasteiger partial charge >= 0.3 is 0 Å². The van der Waals surface area contributed by atoms with Gasteiger partial charge in [-0.25, -0.2) is 19.0 Å². The Kier molecular flexibility index (Phi) is 2.63. The second-order valence-electron chi connectivity index (χ2n) is 4.11. The van der Waals surface area contributed by atoms with Gasteiger partial charge in [0.05, 0.1) is 22.7 Å². The maximum absolute atomic E-state index is 13.9. The Morgan fingerprint density at radius 2 is 2.20 bits per heavy atom. The number of hydrogen-bond acceptors (Lipinski definition) is 5. The number of nitrogens with one attached hydrogen (secondary N) is 1. The molecule has 0 aliphatic rings. The van der Waals surface area contributed by atoms with Gasteiger partial charge in [0, 0.05) is 13.1 Å². The standard InChI is InChI=1S/C12H8FN5O2/c1-6(19)11(20)7-2-15-10-9(7)8(13)3-16-12(10)18-5-14-4-17-18/h2-5,15H,1H3. The third-order valence-electron chi connectivity index (χ3n) is 2.84. The SMILES string of the molecule is CC(=O)C(=O)c1c[nH]c2c(-n3cncn3)ncc(F)c12. The minimum absolute atomic E-state index is 0.0192. The first-order valence-electron chi connectivity index (χ1n) is 5.65. The molecular formula is C12H8FN5O2. The predicted octanol–water partition coefficient (Wildman–Crippen LogP) is 1.05. The molecule has 8 heteroatoms. The average molecular weight is 273 g/mol. The monoisotopic (exact) mass is 273 g/mol. The average Bonchev–Trinajstić information content (AvgIpc) is 3.07. The van der Waals surface area contributed by atoms with Crippen molar-refractivity contribution in [3.8, 4) is 5.82 Å². The van der Waals surface area contributed by atoms with Crippen LogP contribution < -0.4 is 0 Å². The number of ketones is 2. The van der Waals surface area contributed by atoms with E-state index in [0.717, 1.165) is 13.1 Å². The molecule has 0 radical (unpaired) electrons. The molecule has 20 heavy (non-hydrogen) atoms. The molecule has 3 heterocycles. The summed E-state index contributed by atoms with van der Waals surface area (Å²) in [5.41, 5.74) is 0.258. The Morgan fingerprint density at radius 1 is 1.40 bits per heavy atom. The van der Waals surface area contributed by atoms with Crippen molar-refractivity contribution in [1.82, 2.24) is 24.7 Å². The van der Waals surface area contributed by atoms with Crippen LogP contribution >= 0.6 is 0 Å². The first-order valence-corrected chi connectivity index (χ1v) is 5.65. The highest BCUT2D eigenvalue weighted by atomic mass is 19.1. The third-order valence-corrected chi connectivity index (χ3v) is 2.84. The number of hydrogen-bond donors (Lipinski definition) is 1. The zero-order valence-electron chi connectivity index (χ0n) is 10.3. The summed E-state index contributed by atoms with van der Waals surface area (Å²) in [7, 11) is 0. The fraction of sp³-hybridized carbons (Fsp3) is 0.0833. The topological polar surface area (TPSA) is 93.5 Å². The van der Waals surface area contributed by atoms with Crippen LogP contribution in [0.15, 0.2) is 25.0 Å². The summed E-state index contributed by atoms with van der Waals surface area (Å²) in [6, 6.07) is 0. The van der Waals surface area contributed by atoms with E-state index in [2.05, 4.69) is 20.1 Å². The Balaban J connectivity index is 2.31. The number of carbonyl (C=O) groups excluding carboxylic acids is 2. The number of rotatable bonds is 3. The van der Waals surface area contributed by atoms with Crippen molar-refractivity contribution in [3.63, 3.8) is 0 Å². The molecular weight excluding hydrogens is 265 g/mol. The van der Waals surface area contributed by atoms with E-state index < -0.39 is 17.4 Å². The van der Waals surface area contributed by atoms with Gasteiger partial charge < -0.3 is 4.98 Å². The quantitative estimate of drug-likeness (QED) is 0.568. The normalized spacial score (nSPS) is 10.9. The molecule has 0 spiro atoms. The number of fused-ring (bicyclic) bond motifs is 1. The van der Waals surface area contributed by atoms with E-state index in [1.54, 1.807) is 0 Å². The van der Waals surface area contributed by atoms with E-state index in [0.29, 0.717) is 5.82 Å². The molecule has 0 aliphatic carbocycles. The first-order chi connectivity index (χ1) is 9.59. The number of nitrogens with zero attached hydrogens (tertiary/aromatic N) is 4. The molecule has 0 unspecified atom stereocenters. The lowest BCUT2D eigenvalue weighted by Crippen LogP contribution is -2.09. The van der Waals surface area contributed by atoms with Crippen LogP contribution in [0.2, 0.25) is 0 Å². The zero-order chi connectivity index (χ0) is 14.3. The van der Waals surface area contributed by atoms with Crippen LogP contribution in [0, 0.1) is 5.82 Å². The highest BCUT2D eigenvalue weighted by Gasteiger charge is 2.21. The van der Waals surface area contributed by atoms with Crippen molar-refractivity contribution in [2.24, 2.45) is 0 Å². The fourth-order valence-corrected chi connectivity index (χ4v) is 1.95. The molecule has 3 aromatic heterocycles. The molecule has 0 atom stereocenters. The minimum atomic E-state index is -0.758. The van der Waals surface area contributed by atoms with Gasteiger partial charge in [-0.1, -0.05) is 0 Å². The van der Waals surface area contributed by atoms with Crippen LogP contribution in [0.4, 0.5) is 4.39 Å². The summed E-state index contributed by atoms with van der Waals surface area (Å²) in [4.78, 5) is 33.4. The van der Waals surface area contributed by atoms with Crippen LogP contribution in [-0.2, 0) is 4.79 Å². The Labute approximate surface area is 111 Å². The number of pyridine rings is 1. The highest BCUT2D eigenvalue weighted by Crippen LogP contribution is 2.25. The second-order valence-corrected chi connectivity index (χ2v) is 4.11. The summed E-state index contributed by atoms with van der Waals surface area (Å²) in [6.07, 6.45) is 4.97. The molecule has 0 amide bonds. The summed E-state index contributed by atoms with van der Waals surface area (Å²) in [5, 5.41) is 3.92. The second kappa shape index (κ2) is 4.34. The van der Waals surface area contributed by atoms with E-state index in [1.807, 2.05) is 0 Å². The minimum Gasteiger partial charge on any atom is -0.357 e. The number of aromatic nitrogens is 5. The van der Waals surface area contributed by atoms with Gasteiger partial charge in [-0.05, 0) is 0 Å². The highest BCUT2D eigenvalue weighted by molar-refractivity contribution is 6.45. The number of carbonyl (C=O) groups is 2. The lowest BCUT2D eigenvalue weighted by molar-refractivity contribution is -0.113. The van der Waals surface area contributed by atoms with E-state index in [1.165, 1.54) is 23.5 Å². The third kappa shape index (κ3) is 1.69. The van der Waals surface area contributed by atoms with Gasteiger partial charge in [0.2, 0.25) is 5.78 Å². The number of H-pyrrole nitrogens is 1. The molecule has 0 bridgehead atoms. The predicted molar refractivity (Wildman–Crippen MR) is 66.0 cm³/mol. The van der Waals surface area contributed by atoms with Gasteiger partial charge in [-0.2, -0.15) is 5.10 Å². The van der Waals surface area contributed by atoms with E-state index in [9.17, 15) is 14.0 Å². The Morgan fingerprint density at radius 3 is 2.85 bits per heavy atom. The van der Waals surface area contributed by atoms with Crippen molar-refractivity contribution >= 4 is 22.5 Å². The van der Waals surface area contributed by atoms with Gasteiger partial charge in [0.15, 0.2) is 17.4 Å². The molecule has 0 fully saturated rings.